The van der Waals surface area contributed by atoms with Crippen molar-refractivity contribution in [3.63, 3.8) is 0 Å². The van der Waals surface area contributed by atoms with Gasteiger partial charge in [0.1, 0.15) is 6.54 Å². The highest BCUT2D eigenvalue weighted by molar-refractivity contribution is 5.88. The van der Waals surface area contributed by atoms with Gasteiger partial charge in [0, 0.05) is 28.0 Å². The molecule has 3 aromatic carbocycles. The van der Waals surface area contributed by atoms with E-state index >= 15 is 0 Å². The zero-order valence-corrected chi connectivity index (χ0v) is 18.6. The Morgan fingerprint density at radius 3 is 2.43 bits per heavy atom. The first-order chi connectivity index (χ1) is 16.6. The first-order valence-electron chi connectivity index (χ1n) is 10.8. The molecule has 0 fully saturated rings. The number of carbonyl (C=O) groups excluding carboxylic acids is 1. The van der Waals surface area contributed by atoms with E-state index < -0.39 is 17.7 Å². The number of nitrogens with zero attached hydrogens (tertiary/aromatic N) is 3. The first-order valence-corrected chi connectivity index (χ1v) is 10.8. The van der Waals surface area contributed by atoms with Crippen LogP contribution in [0.2, 0.25) is 0 Å². The van der Waals surface area contributed by atoms with E-state index in [-0.39, 0.29) is 23.1 Å². The molecule has 178 valence electrons. The van der Waals surface area contributed by atoms with E-state index in [1.165, 1.54) is 35.0 Å². The molecule has 5 aromatic rings. The highest BCUT2D eigenvalue weighted by Gasteiger charge is 2.57. The number of carbonyl (C=O) groups is 1. The molecule has 3 N–H and O–H groups in total. The number of nitrogens with two attached hydrogens (primary N) is 1. The molecule has 0 bridgehead atoms. The summed E-state index contributed by atoms with van der Waals surface area (Å²) in [6.45, 7) is 1.63. The van der Waals surface area contributed by atoms with Gasteiger partial charge in [0.25, 0.3) is 0 Å². The quantitative estimate of drug-likeness (QED) is 0.388. The van der Waals surface area contributed by atoms with Crippen LogP contribution in [0.4, 0.5) is 13.2 Å². The third-order valence-corrected chi connectivity index (χ3v) is 6.18. The lowest BCUT2D eigenvalue weighted by molar-refractivity contribution is -0.247. The number of rotatable bonds is 5. The fourth-order valence-corrected chi connectivity index (χ4v) is 4.46. The summed E-state index contributed by atoms with van der Waals surface area (Å²) in [5.41, 5.74) is 4.00. The number of para-hydroxylation sites is 1. The zero-order chi connectivity index (χ0) is 25.0. The molecule has 35 heavy (non-hydrogen) atoms. The average Bonchev–Trinajstić information content (AvgIpc) is 3.40. The smallest absolute Gasteiger partial charge is 0.372 e. The average molecular weight is 478 g/mol. The summed E-state index contributed by atoms with van der Waals surface area (Å²) in [5, 5.41) is 16.3. The molecular formula is C26H21F3N4O2. The maximum Gasteiger partial charge on any atom is 0.425 e. The van der Waals surface area contributed by atoms with Crippen LogP contribution in [0.15, 0.2) is 79.1 Å². The Morgan fingerprint density at radius 2 is 1.74 bits per heavy atom. The number of hydrogen-bond acceptors (Lipinski definition) is 3. The Labute approximate surface area is 198 Å². The van der Waals surface area contributed by atoms with Crippen molar-refractivity contribution in [1.82, 2.24) is 14.3 Å². The SMILES string of the molecule is Cc1ccc(-n2ncc3cc(C(O)(c4cn(CC(N)=O)c5ccccc45)C(F)(F)F)ccc32)cc1. The number of fused-ring (bicyclic) bond motifs is 2. The van der Waals surface area contributed by atoms with Gasteiger partial charge in [-0.05, 0) is 42.8 Å². The largest absolute Gasteiger partial charge is 0.425 e. The minimum absolute atomic E-state index is 0.170. The predicted octanol–water partition coefficient (Wildman–Crippen LogP) is 4.57. The molecule has 0 aliphatic heterocycles. The molecule has 5 rings (SSSR count). The second kappa shape index (κ2) is 7.99. The van der Waals surface area contributed by atoms with Gasteiger partial charge in [-0.2, -0.15) is 18.3 Å². The molecule has 1 unspecified atom stereocenters. The number of benzene rings is 3. The Kier molecular flexibility index (Phi) is 5.17. The monoisotopic (exact) mass is 478 g/mol. The van der Waals surface area contributed by atoms with Crippen molar-refractivity contribution in [3.8, 4) is 5.69 Å². The number of alkyl halides is 3. The third kappa shape index (κ3) is 3.64. The zero-order valence-electron chi connectivity index (χ0n) is 18.6. The second-order valence-corrected chi connectivity index (χ2v) is 8.53. The van der Waals surface area contributed by atoms with Gasteiger partial charge in [0.2, 0.25) is 11.5 Å². The fraction of sp³-hybridized carbons (Fsp3) is 0.154. The highest BCUT2D eigenvalue weighted by Crippen LogP contribution is 2.47. The van der Waals surface area contributed by atoms with Crippen LogP contribution in [-0.4, -0.2) is 31.5 Å². The van der Waals surface area contributed by atoms with Crippen molar-refractivity contribution >= 4 is 27.7 Å². The molecule has 1 amide bonds. The number of aryl methyl sites for hydroxylation is 1. The lowest BCUT2D eigenvalue weighted by atomic mass is 9.85. The van der Waals surface area contributed by atoms with Crippen molar-refractivity contribution < 1.29 is 23.1 Å². The van der Waals surface area contributed by atoms with Crippen LogP contribution in [0.3, 0.4) is 0 Å². The van der Waals surface area contributed by atoms with Crippen molar-refractivity contribution in [2.45, 2.75) is 25.2 Å². The van der Waals surface area contributed by atoms with Crippen LogP contribution >= 0.6 is 0 Å². The van der Waals surface area contributed by atoms with Gasteiger partial charge >= 0.3 is 6.18 Å². The summed E-state index contributed by atoms with van der Waals surface area (Å²) in [6, 6.07) is 17.9. The third-order valence-electron chi connectivity index (χ3n) is 6.18. The molecule has 2 aromatic heterocycles. The van der Waals surface area contributed by atoms with Crippen LogP contribution in [0, 0.1) is 6.92 Å². The molecule has 0 aliphatic carbocycles. The molecule has 6 nitrogen and oxygen atoms in total. The number of aromatic nitrogens is 3. The highest BCUT2D eigenvalue weighted by atomic mass is 19.4. The van der Waals surface area contributed by atoms with Crippen molar-refractivity contribution in [3.05, 3.63) is 95.8 Å². The minimum atomic E-state index is -5.06. The standard InChI is InChI=1S/C26H21F3N4O2/c1-16-6-9-19(10-7-16)33-22-11-8-18(12-17(22)13-31-33)25(35,26(27,28)29)21-14-32(15-24(30)34)23-5-3-2-4-20(21)23/h2-14,35H,15H2,1H3,(H2,30,34). The van der Waals surface area contributed by atoms with Crippen molar-refractivity contribution in [2.24, 2.45) is 5.73 Å². The van der Waals surface area contributed by atoms with Gasteiger partial charge < -0.3 is 15.4 Å². The Balaban J connectivity index is 1.70. The Hall–Kier alpha value is -4.11. The van der Waals surface area contributed by atoms with Gasteiger partial charge in [-0.15, -0.1) is 0 Å². The van der Waals surface area contributed by atoms with Crippen LogP contribution < -0.4 is 5.73 Å². The molecule has 0 aliphatic rings. The lowest BCUT2D eigenvalue weighted by Crippen LogP contribution is -2.43. The number of aliphatic hydroxyl groups is 1. The first kappa shape index (κ1) is 22.7. The summed E-state index contributed by atoms with van der Waals surface area (Å²) in [4.78, 5) is 11.5. The van der Waals surface area contributed by atoms with Crippen LogP contribution in [0.25, 0.3) is 27.5 Å². The summed E-state index contributed by atoms with van der Waals surface area (Å²) >= 11 is 0. The normalized spacial score (nSPS) is 13.9. The van der Waals surface area contributed by atoms with Crippen LogP contribution in [0.5, 0.6) is 0 Å². The van der Waals surface area contributed by atoms with Gasteiger partial charge in [-0.1, -0.05) is 42.0 Å². The van der Waals surface area contributed by atoms with E-state index in [0.717, 1.165) is 17.4 Å². The van der Waals surface area contributed by atoms with E-state index in [2.05, 4.69) is 5.10 Å². The van der Waals surface area contributed by atoms with Crippen molar-refractivity contribution in [1.29, 1.82) is 0 Å². The molecule has 0 saturated carbocycles. The molecule has 0 saturated heterocycles. The minimum Gasteiger partial charge on any atom is -0.372 e. The number of primary amides is 1. The molecular weight excluding hydrogens is 457 g/mol. The maximum atomic E-state index is 14.6. The Bertz CT molecular complexity index is 1570. The van der Waals surface area contributed by atoms with E-state index in [9.17, 15) is 23.1 Å². The van der Waals surface area contributed by atoms with E-state index in [4.69, 9.17) is 5.73 Å². The summed E-state index contributed by atoms with van der Waals surface area (Å²) < 4.78 is 46.8. The number of amides is 1. The number of halogens is 3. The van der Waals surface area contributed by atoms with Crippen LogP contribution in [-0.2, 0) is 16.9 Å². The predicted molar refractivity (Wildman–Crippen MR) is 126 cm³/mol. The van der Waals surface area contributed by atoms with E-state index in [0.29, 0.717) is 16.4 Å². The van der Waals surface area contributed by atoms with Gasteiger partial charge in [0.05, 0.1) is 17.4 Å². The number of hydrogen-bond donors (Lipinski definition) is 2. The summed E-state index contributed by atoms with van der Waals surface area (Å²) in [7, 11) is 0. The lowest BCUT2D eigenvalue weighted by Gasteiger charge is -2.31. The molecule has 2 heterocycles. The Morgan fingerprint density at radius 1 is 1.03 bits per heavy atom. The van der Waals surface area contributed by atoms with Gasteiger partial charge in [-0.25, -0.2) is 4.68 Å². The molecule has 0 radical (unpaired) electrons. The second-order valence-electron chi connectivity index (χ2n) is 8.53. The van der Waals surface area contributed by atoms with Crippen molar-refractivity contribution in [2.75, 3.05) is 0 Å². The van der Waals surface area contributed by atoms with Gasteiger partial charge in [0.15, 0.2) is 0 Å². The maximum absolute atomic E-state index is 14.6. The summed E-state index contributed by atoms with van der Waals surface area (Å²) in [5.74, 6) is -0.710. The van der Waals surface area contributed by atoms with Gasteiger partial charge in [-0.3, -0.25) is 4.79 Å². The van der Waals surface area contributed by atoms with E-state index in [1.54, 1.807) is 22.9 Å². The topological polar surface area (TPSA) is 86.1 Å². The van der Waals surface area contributed by atoms with Crippen LogP contribution in [0.1, 0.15) is 16.7 Å². The van der Waals surface area contributed by atoms with E-state index in [1.807, 2.05) is 31.2 Å². The molecule has 0 spiro atoms. The molecule has 1 atom stereocenters. The molecule has 9 heteroatoms. The summed E-state index contributed by atoms with van der Waals surface area (Å²) in [6.07, 6.45) is -2.45. The fourth-order valence-electron chi connectivity index (χ4n) is 4.46.